The quantitative estimate of drug-likeness (QED) is 0.829. The molecule has 3 rings (SSSR count). The molecule has 0 fully saturated rings. The average molecular weight is 357 g/mol. The number of para-hydroxylation sites is 2. The molecule has 1 aliphatic heterocycles. The van der Waals surface area contributed by atoms with Gasteiger partial charge in [0.1, 0.15) is 11.3 Å². The van der Waals surface area contributed by atoms with Crippen LogP contribution in [-0.2, 0) is 14.3 Å². The Hall–Kier alpha value is -2.64. The highest BCUT2D eigenvalue weighted by atomic mass is 16.5. The standard InChI is InChI=1S/C19H23N3O4/c1-19(2)18(24)21-13-7-4-5-8-15(13)22(19)17(23)11-20-14(12-25-3)16-9-6-10-26-16/h4-10,14,20H,11-12H2,1-3H3,(H,21,24). The molecule has 0 bridgehead atoms. The predicted octanol–water partition coefficient (Wildman–Crippen LogP) is 2.32. The number of rotatable bonds is 6. The predicted molar refractivity (Wildman–Crippen MR) is 98.0 cm³/mol. The van der Waals surface area contributed by atoms with Gasteiger partial charge in [0.25, 0.3) is 0 Å². The number of furan rings is 1. The summed E-state index contributed by atoms with van der Waals surface area (Å²) in [6.07, 6.45) is 1.58. The number of carbonyl (C=O) groups excluding carboxylic acids is 2. The number of benzene rings is 1. The number of amides is 2. The van der Waals surface area contributed by atoms with Crippen molar-refractivity contribution in [2.45, 2.75) is 25.4 Å². The lowest BCUT2D eigenvalue weighted by Crippen LogP contribution is -2.60. The number of fused-ring (bicyclic) bond motifs is 1. The average Bonchev–Trinajstić information content (AvgIpc) is 3.13. The zero-order valence-electron chi connectivity index (χ0n) is 15.1. The van der Waals surface area contributed by atoms with Crippen molar-refractivity contribution < 1.29 is 18.7 Å². The first-order valence-corrected chi connectivity index (χ1v) is 8.44. The molecule has 1 aromatic carbocycles. The first-order chi connectivity index (χ1) is 12.4. The molecule has 1 unspecified atom stereocenters. The highest BCUT2D eigenvalue weighted by molar-refractivity contribution is 6.14. The third kappa shape index (κ3) is 3.36. The van der Waals surface area contributed by atoms with E-state index in [1.807, 2.05) is 24.3 Å². The summed E-state index contributed by atoms with van der Waals surface area (Å²) in [7, 11) is 1.59. The van der Waals surface area contributed by atoms with Crippen molar-refractivity contribution in [3.8, 4) is 0 Å². The molecule has 26 heavy (non-hydrogen) atoms. The molecule has 1 aliphatic rings. The number of ether oxygens (including phenoxy) is 1. The molecule has 138 valence electrons. The van der Waals surface area contributed by atoms with Crippen molar-refractivity contribution in [2.75, 3.05) is 30.5 Å². The normalized spacial score (nSPS) is 16.7. The van der Waals surface area contributed by atoms with Crippen LogP contribution in [0.3, 0.4) is 0 Å². The van der Waals surface area contributed by atoms with Gasteiger partial charge in [0.2, 0.25) is 11.8 Å². The van der Waals surface area contributed by atoms with E-state index in [0.717, 1.165) is 0 Å². The lowest BCUT2D eigenvalue weighted by Gasteiger charge is -2.42. The maximum atomic E-state index is 13.0. The van der Waals surface area contributed by atoms with Crippen LogP contribution in [0.15, 0.2) is 47.1 Å². The summed E-state index contributed by atoms with van der Waals surface area (Å²) < 4.78 is 10.6. The zero-order chi connectivity index (χ0) is 18.7. The number of nitrogens with one attached hydrogen (secondary N) is 2. The summed E-state index contributed by atoms with van der Waals surface area (Å²) in [6.45, 7) is 3.87. The van der Waals surface area contributed by atoms with Gasteiger partial charge >= 0.3 is 0 Å². The second-order valence-corrected chi connectivity index (χ2v) is 6.66. The van der Waals surface area contributed by atoms with E-state index < -0.39 is 5.54 Å². The van der Waals surface area contributed by atoms with E-state index in [1.165, 1.54) is 0 Å². The van der Waals surface area contributed by atoms with Gasteiger partial charge in [-0.25, -0.2) is 0 Å². The van der Waals surface area contributed by atoms with Crippen LogP contribution < -0.4 is 15.5 Å². The number of carbonyl (C=O) groups is 2. The molecule has 0 saturated carbocycles. The molecule has 7 heteroatoms. The fourth-order valence-corrected chi connectivity index (χ4v) is 3.09. The van der Waals surface area contributed by atoms with Gasteiger partial charge in [0.05, 0.1) is 36.8 Å². The molecular weight excluding hydrogens is 334 g/mol. The number of methoxy groups -OCH3 is 1. The van der Waals surface area contributed by atoms with Crippen LogP contribution in [0.4, 0.5) is 11.4 Å². The van der Waals surface area contributed by atoms with Crippen molar-refractivity contribution in [1.29, 1.82) is 0 Å². The minimum Gasteiger partial charge on any atom is -0.468 e. The van der Waals surface area contributed by atoms with Gasteiger partial charge in [-0.1, -0.05) is 12.1 Å². The Labute approximate surface area is 152 Å². The number of hydrogen-bond acceptors (Lipinski definition) is 5. The van der Waals surface area contributed by atoms with Crippen LogP contribution in [0.5, 0.6) is 0 Å². The molecule has 0 saturated heterocycles. The summed E-state index contributed by atoms with van der Waals surface area (Å²) in [6, 6.07) is 10.6. The van der Waals surface area contributed by atoms with Crippen LogP contribution in [-0.4, -0.2) is 37.6 Å². The van der Waals surface area contributed by atoms with Gasteiger partial charge in [0, 0.05) is 7.11 Å². The van der Waals surface area contributed by atoms with Crippen LogP contribution in [0, 0.1) is 0 Å². The molecule has 0 aliphatic carbocycles. The molecule has 1 atom stereocenters. The molecule has 0 spiro atoms. The zero-order valence-corrected chi connectivity index (χ0v) is 15.1. The van der Waals surface area contributed by atoms with Crippen molar-refractivity contribution in [1.82, 2.24) is 5.32 Å². The summed E-state index contributed by atoms with van der Waals surface area (Å²) in [5.41, 5.74) is 0.323. The lowest BCUT2D eigenvalue weighted by molar-refractivity contribution is -0.126. The highest BCUT2D eigenvalue weighted by Gasteiger charge is 2.43. The van der Waals surface area contributed by atoms with Gasteiger partial charge in [-0.05, 0) is 38.1 Å². The second kappa shape index (κ2) is 7.31. The highest BCUT2D eigenvalue weighted by Crippen LogP contribution is 2.36. The maximum Gasteiger partial charge on any atom is 0.250 e. The van der Waals surface area contributed by atoms with Crippen LogP contribution in [0.1, 0.15) is 25.6 Å². The summed E-state index contributed by atoms with van der Waals surface area (Å²) in [5.74, 6) is 0.268. The van der Waals surface area contributed by atoms with Crippen LogP contribution >= 0.6 is 0 Å². The first kappa shape index (κ1) is 18.2. The van der Waals surface area contributed by atoms with Crippen molar-refractivity contribution in [2.24, 2.45) is 0 Å². The Balaban J connectivity index is 1.80. The Kier molecular flexibility index (Phi) is 5.11. The Morgan fingerprint density at radius 1 is 1.31 bits per heavy atom. The minimum absolute atomic E-state index is 0.0414. The fourth-order valence-electron chi connectivity index (χ4n) is 3.09. The largest absolute Gasteiger partial charge is 0.468 e. The Morgan fingerprint density at radius 3 is 2.77 bits per heavy atom. The molecular formula is C19H23N3O4. The van der Waals surface area contributed by atoms with E-state index in [1.54, 1.807) is 44.3 Å². The first-order valence-electron chi connectivity index (χ1n) is 8.44. The molecule has 1 aromatic heterocycles. The monoisotopic (exact) mass is 357 g/mol. The molecule has 2 N–H and O–H groups in total. The maximum absolute atomic E-state index is 13.0. The van der Waals surface area contributed by atoms with E-state index in [-0.39, 0.29) is 24.4 Å². The van der Waals surface area contributed by atoms with Gasteiger partial charge < -0.3 is 14.5 Å². The smallest absolute Gasteiger partial charge is 0.250 e. The van der Waals surface area contributed by atoms with Gasteiger partial charge in [-0.2, -0.15) is 0 Å². The van der Waals surface area contributed by atoms with E-state index in [2.05, 4.69) is 10.6 Å². The molecule has 0 radical (unpaired) electrons. The summed E-state index contributed by atoms with van der Waals surface area (Å²) in [5, 5.41) is 6.02. The van der Waals surface area contributed by atoms with Crippen molar-refractivity contribution in [3.05, 3.63) is 48.4 Å². The second-order valence-electron chi connectivity index (χ2n) is 6.66. The molecule has 2 heterocycles. The topological polar surface area (TPSA) is 83.8 Å². The molecule has 2 aromatic rings. The van der Waals surface area contributed by atoms with Crippen molar-refractivity contribution >= 4 is 23.2 Å². The summed E-state index contributed by atoms with van der Waals surface area (Å²) >= 11 is 0. The van der Waals surface area contributed by atoms with E-state index in [4.69, 9.17) is 9.15 Å². The Morgan fingerprint density at radius 2 is 2.08 bits per heavy atom. The molecule has 2 amide bonds. The van der Waals surface area contributed by atoms with Gasteiger partial charge in [-0.15, -0.1) is 0 Å². The third-order valence-corrected chi connectivity index (χ3v) is 4.48. The van der Waals surface area contributed by atoms with Gasteiger partial charge in [-0.3, -0.25) is 19.8 Å². The van der Waals surface area contributed by atoms with Gasteiger partial charge in [0.15, 0.2) is 0 Å². The van der Waals surface area contributed by atoms with E-state index in [9.17, 15) is 9.59 Å². The van der Waals surface area contributed by atoms with Crippen molar-refractivity contribution in [3.63, 3.8) is 0 Å². The summed E-state index contributed by atoms with van der Waals surface area (Å²) in [4.78, 5) is 27.0. The van der Waals surface area contributed by atoms with E-state index >= 15 is 0 Å². The van der Waals surface area contributed by atoms with E-state index in [0.29, 0.717) is 23.7 Å². The number of anilines is 2. The Bertz CT molecular complexity index is 786. The van der Waals surface area contributed by atoms with Crippen LogP contribution in [0.25, 0.3) is 0 Å². The fraction of sp³-hybridized carbons (Fsp3) is 0.368. The third-order valence-electron chi connectivity index (χ3n) is 4.48. The number of hydrogen-bond donors (Lipinski definition) is 2. The molecule has 7 nitrogen and oxygen atoms in total. The SMILES string of the molecule is COCC(NCC(=O)N1c2ccccc2NC(=O)C1(C)C)c1ccco1. The lowest BCUT2D eigenvalue weighted by atomic mass is 9.96. The minimum atomic E-state index is -0.992. The number of nitrogens with zero attached hydrogens (tertiary/aromatic N) is 1. The van der Waals surface area contributed by atoms with Crippen LogP contribution in [0.2, 0.25) is 0 Å².